The predicted octanol–water partition coefficient (Wildman–Crippen LogP) is 2.22. The lowest BCUT2D eigenvalue weighted by atomic mass is 10.0. The van der Waals surface area contributed by atoms with Crippen molar-refractivity contribution in [3.8, 4) is 0 Å². The summed E-state index contributed by atoms with van der Waals surface area (Å²) in [5.74, 6) is -1.00. The lowest BCUT2D eigenvalue weighted by Gasteiger charge is -2.05. The smallest absolute Gasteiger partial charge is 0.354 e. The minimum Gasteiger partial charge on any atom is -0.477 e. The zero-order chi connectivity index (χ0) is 14.3. The number of aromatic carboxylic acids is 1. The molecule has 0 amide bonds. The lowest BCUT2D eigenvalue weighted by molar-refractivity contribution is 0.0690. The zero-order valence-electron chi connectivity index (χ0n) is 11.1. The van der Waals surface area contributed by atoms with Crippen molar-refractivity contribution in [1.82, 2.24) is 9.97 Å². The van der Waals surface area contributed by atoms with Gasteiger partial charge in [0.1, 0.15) is 0 Å². The Kier molecular flexibility index (Phi) is 2.91. The van der Waals surface area contributed by atoms with Crippen molar-refractivity contribution in [2.24, 2.45) is 5.73 Å². The number of fused-ring (bicyclic) bond motifs is 3. The fourth-order valence-corrected chi connectivity index (χ4v) is 2.75. The number of hydrogen-bond donors (Lipinski definition) is 3. The molecule has 1 aromatic carbocycles. The molecule has 0 fully saturated rings. The fourth-order valence-electron chi connectivity index (χ4n) is 2.75. The summed E-state index contributed by atoms with van der Waals surface area (Å²) in [7, 11) is 0. The van der Waals surface area contributed by atoms with Gasteiger partial charge in [0, 0.05) is 16.3 Å². The molecule has 0 aliphatic rings. The number of aryl methyl sites for hydroxylation is 1. The molecule has 4 N–H and O–H groups in total. The van der Waals surface area contributed by atoms with Crippen molar-refractivity contribution in [1.29, 1.82) is 0 Å². The fraction of sp³-hybridized carbons (Fsp3) is 0.200. The number of nitrogens with one attached hydrogen (secondary N) is 1. The molecule has 0 spiro atoms. The van der Waals surface area contributed by atoms with E-state index >= 15 is 0 Å². The largest absolute Gasteiger partial charge is 0.477 e. The number of carbonyl (C=O) groups is 1. The Morgan fingerprint density at radius 3 is 2.85 bits per heavy atom. The molecule has 3 aromatic rings. The van der Waals surface area contributed by atoms with E-state index in [1.165, 1.54) is 0 Å². The van der Waals surface area contributed by atoms with Gasteiger partial charge in [0.25, 0.3) is 0 Å². The van der Waals surface area contributed by atoms with E-state index in [0.29, 0.717) is 12.1 Å². The lowest BCUT2D eigenvalue weighted by Crippen LogP contribution is -2.04. The van der Waals surface area contributed by atoms with Crippen LogP contribution in [0.4, 0.5) is 0 Å². The second-order valence-corrected chi connectivity index (χ2v) is 4.83. The minimum atomic E-state index is -1.00. The van der Waals surface area contributed by atoms with Crippen LogP contribution in [0, 0.1) is 6.92 Å². The zero-order valence-corrected chi connectivity index (χ0v) is 11.1. The number of nitrogens with zero attached hydrogens (tertiary/aromatic N) is 1. The Bertz CT molecular complexity index is 821. The molecule has 0 saturated heterocycles. The van der Waals surface area contributed by atoms with Crippen LogP contribution in [0.1, 0.15) is 21.6 Å². The molecule has 5 heteroatoms. The van der Waals surface area contributed by atoms with E-state index in [1.54, 1.807) is 13.1 Å². The van der Waals surface area contributed by atoms with Crippen molar-refractivity contribution in [3.05, 3.63) is 41.2 Å². The Labute approximate surface area is 115 Å². The van der Waals surface area contributed by atoms with Crippen LogP contribution < -0.4 is 5.73 Å². The number of nitrogens with two attached hydrogens (primary N) is 1. The van der Waals surface area contributed by atoms with Gasteiger partial charge in [0.2, 0.25) is 0 Å². The molecule has 0 aliphatic carbocycles. The molecule has 102 valence electrons. The molecule has 2 aromatic heterocycles. The third kappa shape index (κ3) is 1.75. The third-order valence-electron chi connectivity index (χ3n) is 3.61. The van der Waals surface area contributed by atoms with Crippen LogP contribution in [0.5, 0.6) is 0 Å². The highest BCUT2D eigenvalue weighted by Crippen LogP contribution is 2.31. The van der Waals surface area contributed by atoms with Gasteiger partial charge in [-0.15, -0.1) is 0 Å². The first-order valence-electron chi connectivity index (χ1n) is 6.45. The maximum absolute atomic E-state index is 11.2. The predicted molar refractivity (Wildman–Crippen MR) is 78.1 cm³/mol. The Balaban J connectivity index is 2.46. The molecule has 20 heavy (non-hydrogen) atoms. The van der Waals surface area contributed by atoms with Crippen LogP contribution in [0.3, 0.4) is 0 Å². The van der Waals surface area contributed by atoms with Gasteiger partial charge in [-0.05, 0) is 37.1 Å². The van der Waals surface area contributed by atoms with Gasteiger partial charge in [-0.2, -0.15) is 0 Å². The summed E-state index contributed by atoms with van der Waals surface area (Å²) in [5, 5.41) is 11.2. The van der Waals surface area contributed by atoms with Gasteiger partial charge >= 0.3 is 5.97 Å². The summed E-state index contributed by atoms with van der Waals surface area (Å²) in [4.78, 5) is 18.6. The van der Waals surface area contributed by atoms with Crippen molar-refractivity contribution in [2.45, 2.75) is 13.3 Å². The average molecular weight is 269 g/mol. The summed E-state index contributed by atoms with van der Waals surface area (Å²) in [6, 6.07) is 5.99. The van der Waals surface area contributed by atoms with Crippen LogP contribution >= 0.6 is 0 Å². The number of carboxylic acids is 1. The number of hydrogen-bond acceptors (Lipinski definition) is 3. The maximum Gasteiger partial charge on any atom is 0.354 e. The van der Waals surface area contributed by atoms with E-state index in [-0.39, 0.29) is 5.69 Å². The van der Waals surface area contributed by atoms with Crippen LogP contribution in [0.2, 0.25) is 0 Å². The van der Waals surface area contributed by atoms with E-state index in [4.69, 9.17) is 5.73 Å². The van der Waals surface area contributed by atoms with Crippen LogP contribution in [-0.2, 0) is 6.42 Å². The maximum atomic E-state index is 11.2. The van der Waals surface area contributed by atoms with Crippen LogP contribution in [0.15, 0.2) is 24.4 Å². The van der Waals surface area contributed by atoms with E-state index in [1.807, 2.05) is 18.2 Å². The quantitative estimate of drug-likeness (QED) is 0.679. The van der Waals surface area contributed by atoms with Crippen LogP contribution in [-0.4, -0.2) is 27.6 Å². The van der Waals surface area contributed by atoms with Crippen LogP contribution in [0.25, 0.3) is 21.8 Å². The Morgan fingerprint density at radius 1 is 1.35 bits per heavy atom. The number of pyridine rings is 1. The second kappa shape index (κ2) is 4.61. The number of aromatic amines is 1. The monoisotopic (exact) mass is 269 g/mol. The second-order valence-electron chi connectivity index (χ2n) is 4.83. The van der Waals surface area contributed by atoms with E-state index < -0.39 is 5.97 Å². The SMILES string of the molecule is Cc1c(C(=O)O)ncc2[nH]c3cccc(CCN)c3c12. The molecule has 0 unspecified atom stereocenters. The topological polar surface area (TPSA) is 92.0 Å². The van der Waals surface area contributed by atoms with Gasteiger partial charge in [-0.1, -0.05) is 12.1 Å². The van der Waals surface area contributed by atoms with Crippen molar-refractivity contribution in [3.63, 3.8) is 0 Å². The van der Waals surface area contributed by atoms with E-state index in [0.717, 1.165) is 33.8 Å². The summed E-state index contributed by atoms with van der Waals surface area (Å²) in [6.45, 7) is 2.35. The number of H-pyrrole nitrogens is 1. The highest BCUT2D eigenvalue weighted by Gasteiger charge is 2.16. The molecule has 5 nitrogen and oxygen atoms in total. The van der Waals surface area contributed by atoms with Gasteiger partial charge in [0.05, 0.1) is 11.7 Å². The number of rotatable bonds is 3. The normalized spacial score (nSPS) is 11.3. The standard InChI is InChI=1S/C15H15N3O2/c1-8-12-11(7-17-14(8)15(19)20)18-10-4-2-3-9(5-6-16)13(10)12/h2-4,7,18H,5-6,16H2,1H3,(H,19,20). The van der Waals surface area contributed by atoms with Crippen molar-refractivity contribution < 1.29 is 9.90 Å². The number of benzene rings is 1. The Morgan fingerprint density at radius 2 is 2.15 bits per heavy atom. The first-order chi connectivity index (χ1) is 9.63. The molecule has 0 aliphatic heterocycles. The molecule has 2 heterocycles. The first kappa shape index (κ1) is 12.6. The molecule has 3 rings (SSSR count). The molecular weight excluding hydrogens is 254 g/mol. The Hall–Kier alpha value is -2.40. The number of aromatic nitrogens is 2. The molecule has 0 atom stereocenters. The highest BCUT2D eigenvalue weighted by atomic mass is 16.4. The molecule has 0 bridgehead atoms. The van der Waals surface area contributed by atoms with Gasteiger partial charge in [-0.3, -0.25) is 0 Å². The summed E-state index contributed by atoms with van der Waals surface area (Å²) in [5.41, 5.74) is 9.41. The van der Waals surface area contributed by atoms with Gasteiger partial charge < -0.3 is 15.8 Å². The van der Waals surface area contributed by atoms with Gasteiger partial charge in [0.15, 0.2) is 5.69 Å². The molecular formula is C15H15N3O2. The highest BCUT2D eigenvalue weighted by molar-refractivity contribution is 6.12. The summed E-state index contributed by atoms with van der Waals surface area (Å²) in [6.07, 6.45) is 2.34. The van der Waals surface area contributed by atoms with Gasteiger partial charge in [-0.25, -0.2) is 9.78 Å². The summed E-state index contributed by atoms with van der Waals surface area (Å²) >= 11 is 0. The average Bonchev–Trinajstić information content (AvgIpc) is 2.79. The number of carboxylic acid groups (broad SMARTS) is 1. The first-order valence-corrected chi connectivity index (χ1v) is 6.45. The molecule has 0 radical (unpaired) electrons. The van der Waals surface area contributed by atoms with Crippen molar-refractivity contribution in [2.75, 3.05) is 6.54 Å². The molecule has 0 saturated carbocycles. The minimum absolute atomic E-state index is 0.0981. The van der Waals surface area contributed by atoms with E-state index in [9.17, 15) is 9.90 Å². The van der Waals surface area contributed by atoms with E-state index in [2.05, 4.69) is 9.97 Å². The van der Waals surface area contributed by atoms with Crippen molar-refractivity contribution >= 4 is 27.8 Å². The summed E-state index contributed by atoms with van der Waals surface area (Å²) < 4.78 is 0. The third-order valence-corrected chi connectivity index (χ3v) is 3.61.